The molecule has 1 saturated heterocycles. The molecule has 1 atom stereocenters. The van der Waals surface area contributed by atoms with E-state index >= 15 is 0 Å². The summed E-state index contributed by atoms with van der Waals surface area (Å²) in [4.78, 5) is 14.0. The van der Waals surface area contributed by atoms with Crippen LogP contribution in [0.15, 0.2) is 12.4 Å². The molecule has 116 valence electrons. The summed E-state index contributed by atoms with van der Waals surface area (Å²) in [5.41, 5.74) is 6.98. The van der Waals surface area contributed by atoms with Gasteiger partial charge >= 0.3 is 0 Å². The molecule has 1 aromatic heterocycles. The lowest BCUT2D eigenvalue weighted by Gasteiger charge is -2.39. The minimum atomic E-state index is 0.240. The summed E-state index contributed by atoms with van der Waals surface area (Å²) >= 11 is 5.22. The number of hydrogen-bond donors (Lipinski definition) is 1. The molecule has 0 aromatic carbocycles. The average molecular weight is 307 g/mol. The van der Waals surface area contributed by atoms with E-state index in [1.807, 2.05) is 0 Å². The van der Waals surface area contributed by atoms with Gasteiger partial charge in [-0.2, -0.15) is 0 Å². The van der Waals surface area contributed by atoms with Gasteiger partial charge in [0, 0.05) is 37.9 Å². The molecule has 2 rings (SSSR count). The number of hydrogen-bond acceptors (Lipinski definition) is 5. The summed E-state index contributed by atoms with van der Waals surface area (Å²) in [5.74, 6) is 1.03. The molecule has 6 heteroatoms. The number of rotatable bonds is 6. The topological polar surface area (TPSA) is 58.3 Å². The van der Waals surface area contributed by atoms with E-state index < -0.39 is 0 Å². The van der Waals surface area contributed by atoms with Crippen LogP contribution in [0.3, 0.4) is 0 Å². The van der Waals surface area contributed by atoms with Gasteiger partial charge in [-0.3, -0.25) is 4.90 Å². The van der Waals surface area contributed by atoms with Crippen LogP contribution in [0.2, 0.25) is 0 Å². The van der Waals surface area contributed by atoms with Crippen LogP contribution in [0.1, 0.15) is 32.4 Å². The Labute approximate surface area is 132 Å². The summed E-state index contributed by atoms with van der Waals surface area (Å²) in [7, 11) is 0. The van der Waals surface area contributed by atoms with Crippen molar-refractivity contribution in [2.24, 2.45) is 5.73 Å². The molecule has 5 nitrogen and oxygen atoms in total. The number of thiocarbonyl (C=S) groups is 1. The predicted molar refractivity (Wildman–Crippen MR) is 90.7 cm³/mol. The molecule has 2 N–H and O–H groups in total. The largest absolute Gasteiger partial charge is 0.392 e. The van der Waals surface area contributed by atoms with Gasteiger partial charge in [0.05, 0.1) is 11.0 Å². The number of nitrogens with zero attached hydrogens (tertiary/aromatic N) is 4. The van der Waals surface area contributed by atoms with Crippen molar-refractivity contribution >= 4 is 23.0 Å². The number of aryl methyl sites for hydroxylation is 1. The fourth-order valence-electron chi connectivity index (χ4n) is 2.79. The van der Waals surface area contributed by atoms with Gasteiger partial charge in [-0.1, -0.05) is 32.5 Å². The van der Waals surface area contributed by atoms with E-state index in [0.717, 1.165) is 57.0 Å². The monoisotopic (exact) mass is 307 g/mol. The summed E-state index contributed by atoms with van der Waals surface area (Å²) in [6, 6.07) is 2.33. The van der Waals surface area contributed by atoms with Crippen molar-refractivity contribution in [2.75, 3.05) is 31.1 Å². The summed E-state index contributed by atoms with van der Waals surface area (Å²) in [6.45, 7) is 8.17. The zero-order valence-corrected chi connectivity index (χ0v) is 13.8. The van der Waals surface area contributed by atoms with Crippen LogP contribution in [0, 0.1) is 0 Å². The number of nitrogens with two attached hydrogens (primary N) is 1. The SMILES string of the molecule is CCCC(C(N)=S)N1CCN(c2cc(CC)ncn2)CC1. The molecular weight excluding hydrogens is 282 g/mol. The second kappa shape index (κ2) is 7.66. The molecule has 1 fully saturated rings. The third kappa shape index (κ3) is 4.11. The van der Waals surface area contributed by atoms with E-state index in [0.29, 0.717) is 4.99 Å². The van der Waals surface area contributed by atoms with Crippen molar-refractivity contribution < 1.29 is 0 Å². The molecule has 1 aliphatic heterocycles. The Morgan fingerprint density at radius 3 is 2.57 bits per heavy atom. The standard InChI is InChI=1S/C15H25N5S/c1-3-5-13(15(16)21)19-6-8-20(9-7-19)14-10-12(4-2)17-11-18-14/h10-11,13H,3-9H2,1-2H3,(H2,16,21). The third-order valence-corrected chi connectivity index (χ3v) is 4.31. The minimum absolute atomic E-state index is 0.240. The van der Waals surface area contributed by atoms with Crippen molar-refractivity contribution in [3.8, 4) is 0 Å². The minimum Gasteiger partial charge on any atom is -0.392 e. The predicted octanol–water partition coefficient (Wildman–Crippen LogP) is 1.62. The second-order valence-electron chi connectivity index (χ2n) is 5.45. The lowest BCUT2D eigenvalue weighted by molar-refractivity contribution is 0.219. The van der Waals surface area contributed by atoms with E-state index in [4.69, 9.17) is 18.0 Å². The molecule has 1 unspecified atom stereocenters. The van der Waals surface area contributed by atoms with Crippen LogP contribution in [0.4, 0.5) is 5.82 Å². The molecule has 21 heavy (non-hydrogen) atoms. The van der Waals surface area contributed by atoms with Crippen molar-refractivity contribution in [3.05, 3.63) is 18.1 Å². The van der Waals surface area contributed by atoms with Crippen LogP contribution in [-0.4, -0.2) is 52.1 Å². The molecule has 1 aromatic rings. The average Bonchev–Trinajstić information content (AvgIpc) is 2.52. The fraction of sp³-hybridized carbons (Fsp3) is 0.667. The zero-order chi connectivity index (χ0) is 15.2. The zero-order valence-electron chi connectivity index (χ0n) is 13.0. The van der Waals surface area contributed by atoms with Crippen molar-refractivity contribution in [3.63, 3.8) is 0 Å². The Hall–Kier alpha value is -1.27. The molecule has 0 bridgehead atoms. The summed E-state index contributed by atoms with van der Waals surface area (Å²) in [5, 5.41) is 0. The van der Waals surface area contributed by atoms with Gasteiger partial charge < -0.3 is 10.6 Å². The van der Waals surface area contributed by atoms with Crippen LogP contribution in [0.5, 0.6) is 0 Å². The lowest BCUT2D eigenvalue weighted by Crippen LogP contribution is -2.54. The molecule has 1 aliphatic rings. The highest BCUT2D eigenvalue weighted by molar-refractivity contribution is 7.80. The first-order valence-corrected chi connectivity index (χ1v) is 8.15. The first kappa shape index (κ1) is 16.1. The van der Waals surface area contributed by atoms with Crippen LogP contribution >= 0.6 is 12.2 Å². The highest BCUT2D eigenvalue weighted by Gasteiger charge is 2.25. The van der Waals surface area contributed by atoms with Crippen molar-refractivity contribution in [1.29, 1.82) is 0 Å². The molecule has 0 radical (unpaired) electrons. The molecule has 0 aliphatic carbocycles. The van der Waals surface area contributed by atoms with Crippen LogP contribution < -0.4 is 10.6 Å². The smallest absolute Gasteiger partial charge is 0.132 e. The maximum Gasteiger partial charge on any atom is 0.132 e. The Balaban J connectivity index is 1.97. The Bertz CT molecular complexity index is 471. The van der Waals surface area contributed by atoms with Crippen molar-refractivity contribution in [1.82, 2.24) is 14.9 Å². The first-order chi connectivity index (χ1) is 10.2. The molecule has 0 amide bonds. The van der Waals surface area contributed by atoms with Gasteiger partial charge in [-0.15, -0.1) is 0 Å². The maximum atomic E-state index is 5.89. The Kier molecular flexibility index (Phi) is 5.87. The van der Waals surface area contributed by atoms with Gasteiger partial charge in [-0.05, 0) is 12.8 Å². The number of piperazine rings is 1. The van der Waals surface area contributed by atoms with Gasteiger partial charge in [0.15, 0.2) is 0 Å². The maximum absolute atomic E-state index is 5.89. The van der Waals surface area contributed by atoms with E-state index in [9.17, 15) is 0 Å². The highest BCUT2D eigenvalue weighted by Crippen LogP contribution is 2.17. The molecule has 2 heterocycles. The van der Waals surface area contributed by atoms with Crippen LogP contribution in [-0.2, 0) is 6.42 Å². The molecule has 0 spiro atoms. The Morgan fingerprint density at radius 2 is 2.00 bits per heavy atom. The quantitative estimate of drug-likeness (QED) is 0.806. The van der Waals surface area contributed by atoms with E-state index in [1.165, 1.54) is 0 Å². The molecule has 0 saturated carbocycles. The normalized spacial score (nSPS) is 17.7. The first-order valence-electron chi connectivity index (χ1n) is 7.75. The van der Waals surface area contributed by atoms with Gasteiger partial charge in [0.2, 0.25) is 0 Å². The molecular formula is C15H25N5S. The number of aromatic nitrogens is 2. The van der Waals surface area contributed by atoms with Gasteiger partial charge in [-0.25, -0.2) is 9.97 Å². The Morgan fingerprint density at radius 1 is 1.29 bits per heavy atom. The second-order valence-corrected chi connectivity index (χ2v) is 5.92. The lowest BCUT2D eigenvalue weighted by atomic mass is 10.1. The number of anilines is 1. The highest BCUT2D eigenvalue weighted by atomic mass is 32.1. The van der Waals surface area contributed by atoms with E-state index in [2.05, 4.69) is 39.7 Å². The van der Waals surface area contributed by atoms with Gasteiger partial charge in [0.25, 0.3) is 0 Å². The third-order valence-electron chi connectivity index (χ3n) is 4.04. The van der Waals surface area contributed by atoms with Crippen molar-refractivity contribution in [2.45, 2.75) is 39.2 Å². The van der Waals surface area contributed by atoms with E-state index in [1.54, 1.807) is 6.33 Å². The van der Waals surface area contributed by atoms with E-state index in [-0.39, 0.29) is 6.04 Å². The summed E-state index contributed by atoms with van der Waals surface area (Å²) in [6.07, 6.45) is 4.75. The summed E-state index contributed by atoms with van der Waals surface area (Å²) < 4.78 is 0. The fourth-order valence-corrected chi connectivity index (χ4v) is 3.06. The van der Waals surface area contributed by atoms with Crippen LogP contribution in [0.25, 0.3) is 0 Å². The van der Waals surface area contributed by atoms with Gasteiger partial charge in [0.1, 0.15) is 12.1 Å².